The lowest BCUT2D eigenvalue weighted by Gasteiger charge is -2.08. The molecule has 0 unspecified atom stereocenters. The lowest BCUT2D eigenvalue weighted by molar-refractivity contribution is -0.387. The first-order valence-electron chi connectivity index (χ1n) is 8.95. The summed E-state index contributed by atoms with van der Waals surface area (Å²) in [5, 5.41) is 13.5. The number of aromatic amines is 1. The Labute approximate surface area is 172 Å². The molecule has 9 nitrogen and oxygen atoms in total. The topological polar surface area (TPSA) is 127 Å². The van der Waals surface area contributed by atoms with E-state index in [1.54, 1.807) is 30.3 Å². The highest BCUT2D eigenvalue weighted by Gasteiger charge is 2.17. The van der Waals surface area contributed by atoms with Crippen LogP contribution in [0.1, 0.15) is 10.4 Å². The fraction of sp³-hybridized carbons (Fsp3) is 0. The molecule has 10 heteroatoms. The van der Waals surface area contributed by atoms with Crippen LogP contribution in [-0.4, -0.2) is 20.4 Å². The van der Waals surface area contributed by atoms with Gasteiger partial charge in [-0.25, -0.2) is 9.36 Å². The van der Waals surface area contributed by atoms with Gasteiger partial charge in [-0.1, -0.05) is 18.2 Å². The highest BCUT2D eigenvalue weighted by molar-refractivity contribution is 6.06. The summed E-state index contributed by atoms with van der Waals surface area (Å²) in [5.41, 5.74) is -1.34. The first-order valence-corrected chi connectivity index (χ1v) is 8.95. The fourth-order valence-electron chi connectivity index (χ4n) is 3.10. The molecule has 0 fully saturated rings. The molecule has 4 aromatic rings. The molecule has 0 bridgehead atoms. The number of hydrogen-bond acceptors (Lipinski definition) is 5. The molecule has 3 aromatic carbocycles. The van der Waals surface area contributed by atoms with Crippen LogP contribution in [0.25, 0.3) is 16.6 Å². The molecule has 4 rings (SSSR count). The molecule has 1 heterocycles. The Morgan fingerprint density at radius 2 is 1.77 bits per heavy atom. The van der Waals surface area contributed by atoms with Crippen LogP contribution >= 0.6 is 0 Å². The maximum absolute atomic E-state index is 13.5. The zero-order valence-corrected chi connectivity index (χ0v) is 15.7. The Kier molecular flexibility index (Phi) is 4.88. The molecular formula is C21H13FN4O5. The maximum atomic E-state index is 13.5. The molecule has 0 saturated heterocycles. The Morgan fingerprint density at radius 3 is 2.48 bits per heavy atom. The summed E-state index contributed by atoms with van der Waals surface area (Å²) in [6.45, 7) is 0. The lowest BCUT2D eigenvalue weighted by Crippen LogP contribution is -2.33. The van der Waals surface area contributed by atoms with Crippen LogP contribution in [0.15, 0.2) is 76.3 Å². The first kappa shape index (κ1) is 19.7. The van der Waals surface area contributed by atoms with E-state index >= 15 is 0 Å². The molecule has 0 aliphatic carbocycles. The number of hydrogen-bond donors (Lipinski definition) is 2. The van der Waals surface area contributed by atoms with Gasteiger partial charge in [0.2, 0.25) is 5.82 Å². The Balaban J connectivity index is 1.71. The minimum Gasteiger partial charge on any atom is -0.322 e. The number of aromatic nitrogens is 2. The number of para-hydroxylation sites is 1. The van der Waals surface area contributed by atoms with Crippen molar-refractivity contribution >= 4 is 28.2 Å². The minimum atomic E-state index is -1.03. The summed E-state index contributed by atoms with van der Waals surface area (Å²) in [4.78, 5) is 50.3. The molecule has 2 N–H and O–H groups in total. The second kappa shape index (κ2) is 7.67. The van der Waals surface area contributed by atoms with E-state index in [-0.39, 0.29) is 22.2 Å². The van der Waals surface area contributed by atoms with E-state index in [2.05, 4.69) is 10.3 Å². The third-order valence-electron chi connectivity index (χ3n) is 4.58. The predicted molar refractivity (Wildman–Crippen MR) is 111 cm³/mol. The minimum absolute atomic E-state index is 0.0196. The van der Waals surface area contributed by atoms with Gasteiger partial charge >= 0.3 is 11.4 Å². The van der Waals surface area contributed by atoms with Gasteiger partial charge in [0, 0.05) is 17.3 Å². The van der Waals surface area contributed by atoms with Gasteiger partial charge in [-0.15, -0.1) is 0 Å². The van der Waals surface area contributed by atoms with E-state index in [1.807, 2.05) is 0 Å². The van der Waals surface area contributed by atoms with E-state index in [9.17, 15) is 28.9 Å². The van der Waals surface area contributed by atoms with Gasteiger partial charge in [0.25, 0.3) is 11.5 Å². The SMILES string of the molecule is O=C(Nc1ccc(F)c([N+](=O)[O-])c1)c1ccc2c(=O)n(-c3ccccc3)c(=O)[nH]c2c1. The first-order chi connectivity index (χ1) is 14.8. The Bertz CT molecular complexity index is 1460. The second-order valence-electron chi connectivity index (χ2n) is 6.54. The summed E-state index contributed by atoms with van der Waals surface area (Å²) < 4.78 is 14.5. The van der Waals surface area contributed by atoms with Gasteiger partial charge in [-0.05, 0) is 42.5 Å². The van der Waals surface area contributed by atoms with Gasteiger partial charge in [0.05, 0.1) is 21.5 Å². The summed E-state index contributed by atoms with van der Waals surface area (Å²) in [6.07, 6.45) is 0. The monoisotopic (exact) mass is 420 g/mol. The molecule has 0 aliphatic heterocycles. The normalized spacial score (nSPS) is 10.7. The molecule has 154 valence electrons. The van der Waals surface area contributed by atoms with E-state index in [0.717, 1.165) is 16.7 Å². The van der Waals surface area contributed by atoms with Crippen molar-refractivity contribution in [3.8, 4) is 5.69 Å². The zero-order valence-electron chi connectivity index (χ0n) is 15.7. The van der Waals surface area contributed by atoms with Crippen LogP contribution in [0.4, 0.5) is 15.8 Å². The molecule has 0 atom stereocenters. The van der Waals surface area contributed by atoms with Crippen LogP contribution in [0.3, 0.4) is 0 Å². The number of nitrogens with one attached hydrogen (secondary N) is 2. The third kappa shape index (κ3) is 3.69. The number of nitrogens with zero attached hydrogens (tertiary/aromatic N) is 2. The average molecular weight is 420 g/mol. The Hall–Kier alpha value is -4.60. The van der Waals surface area contributed by atoms with Crippen molar-refractivity contribution in [3.63, 3.8) is 0 Å². The van der Waals surface area contributed by atoms with E-state index in [4.69, 9.17) is 0 Å². The summed E-state index contributed by atoms with van der Waals surface area (Å²) >= 11 is 0. The summed E-state index contributed by atoms with van der Waals surface area (Å²) in [5.74, 6) is -1.68. The van der Waals surface area contributed by atoms with Gasteiger partial charge in [0.1, 0.15) is 0 Å². The van der Waals surface area contributed by atoms with E-state index in [0.29, 0.717) is 5.69 Å². The van der Waals surface area contributed by atoms with Crippen LogP contribution in [-0.2, 0) is 0 Å². The predicted octanol–water partition coefficient (Wildman–Crippen LogP) is 2.98. The largest absolute Gasteiger partial charge is 0.333 e. The van der Waals surface area contributed by atoms with E-state index < -0.39 is 33.6 Å². The number of fused-ring (bicyclic) bond motifs is 1. The molecule has 31 heavy (non-hydrogen) atoms. The third-order valence-corrected chi connectivity index (χ3v) is 4.58. The van der Waals surface area contributed by atoms with Crippen LogP contribution in [0, 0.1) is 15.9 Å². The van der Waals surface area contributed by atoms with Gasteiger partial charge in [0.15, 0.2) is 0 Å². The highest BCUT2D eigenvalue weighted by Crippen LogP contribution is 2.22. The molecule has 0 aliphatic rings. The van der Waals surface area contributed by atoms with Crippen molar-refractivity contribution in [2.75, 3.05) is 5.32 Å². The van der Waals surface area contributed by atoms with Gasteiger partial charge in [-0.3, -0.25) is 19.7 Å². The Morgan fingerprint density at radius 1 is 1.03 bits per heavy atom. The van der Waals surface area contributed by atoms with Crippen LogP contribution in [0.2, 0.25) is 0 Å². The number of H-pyrrole nitrogens is 1. The molecule has 0 saturated carbocycles. The smallest absolute Gasteiger partial charge is 0.322 e. The maximum Gasteiger partial charge on any atom is 0.333 e. The summed E-state index contributed by atoms with van der Waals surface area (Å²) in [7, 11) is 0. The van der Waals surface area contributed by atoms with Crippen molar-refractivity contribution in [1.82, 2.24) is 9.55 Å². The number of nitro benzene ring substituents is 1. The highest BCUT2D eigenvalue weighted by atomic mass is 19.1. The molecular weight excluding hydrogens is 407 g/mol. The number of anilines is 1. The quantitative estimate of drug-likeness (QED) is 0.388. The van der Waals surface area contributed by atoms with Crippen molar-refractivity contribution in [3.05, 3.63) is 109 Å². The van der Waals surface area contributed by atoms with Gasteiger partial charge < -0.3 is 10.3 Å². The summed E-state index contributed by atoms with van der Waals surface area (Å²) in [6, 6.07) is 15.4. The number of amides is 1. The second-order valence-corrected chi connectivity index (χ2v) is 6.54. The zero-order chi connectivity index (χ0) is 22.1. The van der Waals surface area contributed by atoms with Gasteiger partial charge in [-0.2, -0.15) is 4.39 Å². The molecule has 1 aromatic heterocycles. The lowest BCUT2D eigenvalue weighted by atomic mass is 10.1. The van der Waals surface area contributed by atoms with Crippen LogP contribution < -0.4 is 16.6 Å². The van der Waals surface area contributed by atoms with Crippen molar-refractivity contribution in [2.24, 2.45) is 0 Å². The fourth-order valence-corrected chi connectivity index (χ4v) is 3.10. The van der Waals surface area contributed by atoms with E-state index in [1.165, 1.54) is 24.3 Å². The number of carbonyl (C=O) groups excluding carboxylic acids is 1. The molecule has 0 radical (unpaired) electrons. The molecule has 1 amide bonds. The number of carbonyl (C=O) groups is 1. The van der Waals surface area contributed by atoms with Crippen LogP contribution in [0.5, 0.6) is 0 Å². The molecule has 0 spiro atoms. The number of benzene rings is 3. The van der Waals surface area contributed by atoms with Crippen molar-refractivity contribution < 1.29 is 14.1 Å². The average Bonchev–Trinajstić information content (AvgIpc) is 2.75. The van der Waals surface area contributed by atoms with Crippen molar-refractivity contribution in [2.45, 2.75) is 0 Å². The number of nitro groups is 1. The number of rotatable bonds is 4. The number of halogens is 1. The standard InChI is InChI=1S/C21H13FN4O5/c22-16-9-7-13(11-18(16)26(30)31)23-19(27)12-6-8-15-17(10-12)24-21(29)25(20(15)28)14-4-2-1-3-5-14/h1-11H,(H,23,27)(H,24,29). The van der Waals surface area contributed by atoms with Crippen molar-refractivity contribution in [1.29, 1.82) is 0 Å².